The Balaban J connectivity index is 2.36. The minimum Gasteiger partial charge on any atom is -0.480 e. The number of furan rings is 1. The third-order valence-corrected chi connectivity index (χ3v) is 3.77. The number of para-hydroxylation sites is 1. The van der Waals surface area contributed by atoms with Crippen molar-refractivity contribution in [1.82, 2.24) is 4.90 Å². The molecular formula is C15H19NO3. The minimum absolute atomic E-state index is 0.544. The zero-order valence-electron chi connectivity index (χ0n) is 11.7. The van der Waals surface area contributed by atoms with Crippen LogP contribution in [0.15, 0.2) is 28.7 Å². The van der Waals surface area contributed by atoms with Crippen LogP contribution in [-0.2, 0) is 11.3 Å². The number of likely N-dealkylation sites (N-methyl/N-ethyl adjacent to an activating group) is 1. The molecule has 0 bridgehead atoms. The fourth-order valence-electron chi connectivity index (χ4n) is 2.02. The second kappa shape index (κ2) is 4.70. The molecule has 0 spiro atoms. The largest absolute Gasteiger partial charge is 0.480 e. The lowest BCUT2D eigenvalue weighted by molar-refractivity contribution is -0.148. The van der Waals surface area contributed by atoms with Crippen molar-refractivity contribution in [3.05, 3.63) is 35.6 Å². The predicted octanol–water partition coefficient (Wildman–Crippen LogP) is 3.04. The van der Waals surface area contributed by atoms with Crippen molar-refractivity contribution < 1.29 is 14.3 Å². The van der Waals surface area contributed by atoms with Gasteiger partial charge in [0.2, 0.25) is 0 Å². The van der Waals surface area contributed by atoms with Crippen molar-refractivity contribution in [3.63, 3.8) is 0 Å². The highest BCUT2D eigenvalue weighted by molar-refractivity contribution is 5.82. The van der Waals surface area contributed by atoms with E-state index in [1.165, 1.54) is 0 Å². The smallest absolute Gasteiger partial charge is 0.323 e. The molecule has 102 valence electrons. The highest BCUT2D eigenvalue weighted by Gasteiger charge is 2.32. The number of aliphatic carboxylic acids is 1. The summed E-state index contributed by atoms with van der Waals surface area (Å²) in [6.45, 7) is 5.86. The maximum absolute atomic E-state index is 11.3. The van der Waals surface area contributed by atoms with Crippen molar-refractivity contribution in [2.45, 2.75) is 32.9 Å². The van der Waals surface area contributed by atoms with Gasteiger partial charge < -0.3 is 9.52 Å². The van der Waals surface area contributed by atoms with Crippen LogP contribution < -0.4 is 0 Å². The van der Waals surface area contributed by atoms with E-state index in [0.717, 1.165) is 22.3 Å². The Hall–Kier alpha value is -1.81. The number of carboxylic acid groups (broad SMARTS) is 1. The first-order valence-corrected chi connectivity index (χ1v) is 6.25. The molecule has 0 aliphatic carbocycles. The van der Waals surface area contributed by atoms with Gasteiger partial charge in [0.1, 0.15) is 16.9 Å². The second-order valence-electron chi connectivity index (χ2n) is 5.35. The lowest BCUT2D eigenvalue weighted by atomic mass is 10.0. The molecule has 1 aromatic heterocycles. The normalized spacial score (nSPS) is 12.3. The van der Waals surface area contributed by atoms with Gasteiger partial charge in [-0.25, -0.2) is 0 Å². The zero-order chi connectivity index (χ0) is 14.2. The van der Waals surface area contributed by atoms with Crippen molar-refractivity contribution in [3.8, 4) is 0 Å². The average Bonchev–Trinajstić information content (AvgIpc) is 2.66. The molecule has 0 atom stereocenters. The fraction of sp³-hybridized carbons (Fsp3) is 0.400. The monoisotopic (exact) mass is 261 g/mol. The molecule has 2 rings (SSSR count). The molecule has 0 unspecified atom stereocenters. The summed E-state index contributed by atoms with van der Waals surface area (Å²) in [4.78, 5) is 13.1. The molecule has 0 saturated carbocycles. The van der Waals surface area contributed by atoms with Crippen LogP contribution in [0.25, 0.3) is 11.0 Å². The number of fused-ring (bicyclic) bond motifs is 1. The third kappa shape index (κ3) is 2.36. The van der Waals surface area contributed by atoms with E-state index in [0.29, 0.717) is 6.54 Å². The maximum Gasteiger partial charge on any atom is 0.323 e. The van der Waals surface area contributed by atoms with Gasteiger partial charge in [-0.1, -0.05) is 18.2 Å². The summed E-state index contributed by atoms with van der Waals surface area (Å²) in [5.74, 6) is 0.00897. The molecule has 1 N–H and O–H groups in total. The van der Waals surface area contributed by atoms with E-state index in [2.05, 4.69) is 0 Å². The van der Waals surface area contributed by atoms with Gasteiger partial charge in [-0.2, -0.15) is 0 Å². The molecule has 0 saturated heterocycles. The summed E-state index contributed by atoms with van der Waals surface area (Å²) in [6.07, 6.45) is 0. The van der Waals surface area contributed by atoms with E-state index in [-0.39, 0.29) is 0 Å². The van der Waals surface area contributed by atoms with Gasteiger partial charge in [-0.15, -0.1) is 0 Å². The van der Waals surface area contributed by atoms with Crippen LogP contribution in [0.2, 0.25) is 0 Å². The Morgan fingerprint density at radius 2 is 2.00 bits per heavy atom. The molecule has 2 aromatic rings. The Kier molecular flexibility index (Phi) is 3.37. The second-order valence-corrected chi connectivity index (χ2v) is 5.35. The van der Waals surface area contributed by atoms with Gasteiger partial charge >= 0.3 is 5.97 Å². The van der Waals surface area contributed by atoms with Crippen LogP contribution in [-0.4, -0.2) is 28.6 Å². The van der Waals surface area contributed by atoms with Crippen LogP contribution in [0.5, 0.6) is 0 Å². The van der Waals surface area contributed by atoms with Gasteiger partial charge in [0.15, 0.2) is 0 Å². The molecule has 1 aromatic carbocycles. The summed E-state index contributed by atoms with van der Waals surface area (Å²) in [7, 11) is 1.81. The number of hydrogen-bond acceptors (Lipinski definition) is 3. The summed E-state index contributed by atoms with van der Waals surface area (Å²) in [5, 5.41) is 10.3. The molecule has 4 nitrogen and oxygen atoms in total. The Morgan fingerprint density at radius 3 is 2.63 bits per heavy atom. The molecule has 0 fully saturated rings. The van der Waals surface area contributed by atoms with Crippen molar-refractivity contribution >= 4 is 16.9 Å². The Labute approximate surface area is 112 Å². The molecule has 0 aliphatic heterocycles. The molecule has 0 radical (unpaired) electrons. The van der Waals surface area contributed by atoms with E-state index in [1.807, 2.05) is 43.1 Å². The molecular weight excluding hydrogens is 242 g/mol. The van der Waals surface area contributed by atoms with Crippen LogP contribution in [0.1, 0.15) is 25.2 Å². The summed E-state index contributed by atoms with van der Waals surface area (Å²) in [6, 6.07) is 7.82. The molecule has 4 heteroatoms. The van der Waals surface area contributed by atoms with E-state index < -0.39 is 11.5 Å². The van der Waals surface area contributed by atoms with Crippen LogP contribution in [0, 0.1) is 6.92 Å². The number of carbonyl (C=O) groups is 1. The van der Waals surface area contributed by atoms with E-state index in [9.17, 15) is 9.90 Å². The highest BCUT2D eigenvalue weighted by Crippen LogP contribution is 2.28. The number of rotatable bonds is 4. The van der Waals surface area contributed by atoms with Crippen molar-refractivity contribution in [1.29, 1.82) is 0 Å². The van der Waals surface area contributed by atoms with E-state index in [4.69, 9.17) is 4.42 Å². The molecule has 1 heterocycles. The van der Waals surface area contributed by atoms with Crippen LogP contribution in [0.4, 0.5) is 0 Å². The summed E-state index contributed by atoms with van der Waals surface area (Å²) < 4.78 is 5.70. The predicted molar refractivity (Wildman–Crippen MR) is 74.1 cm³/mol. The topological polar surface area (TPSA) is 53.7 Å². The molecule has 19 heavy (non-hydrogen) atoms. The first-order chi connectivity index (χ1) is 8.84. The number of carboxylic acids is 1. The third-order valence-electron chi connectivity index (χ3n) is 3.77. The minimum atomic E-state index is -0.912. The lowest BCUT2D eigenvalue weighted by Crippen LogP contribution is -2.47. The van der Waals surface area contributed by atoms with Gasteiger partial charge in [-0.3, -0.25) is 9.69 Å². The summed E-state index contributed by atoms with van der Waals surface area (Å²) in [5.41, 5.74) is 0.981. The van der Waals surface area contributed by atoms with Crippen LogP contribution >= 0.6 is 0 Å². The van der Waals surface area contributed by atoms with E-state index in [1.54, 1.807) is 13.8 Å². The van der Waals surface area contributed by atoms with Gasteiger partial charge in [0, 0.05) is 17.5 Å². The Bertz CT molecular complexity index is 613. The van der Waals surface area contributed by atoms with Crippen molar-refractivity contribution in [2.75, 3.05) is 7.05 Å². The van der Waals surface area contributed by atoms with E-state index >= 15 is 0 Å². The number of hydrogen-bond donors (Lipinski definition) is 1. The van der Waals surface area contributed by atoms with Gasteiger partial charge in [-0.05, 0) is 33.9 Å². The van der Waals surface area contributed by atoms with Crippen LogP contribution in [0.3, 0.4) is 0 Å². The lowest BCUT2D eigenvalue weighted by Gasteiger charge is -2.31. The number of aryl methyl sites for hydroxylation is 1. The summed E-state index contributed by atoms with van der Waals surface area (Å²) >= 11 is 0. The maximum atomic E-state index is 11.3. The number of benzene rings is 1. The number of nitrogens with zero attached hydrogens (tertiary/aromatic N) is 1. The molecule has 0 aliphatic rings. The van der Waals surface area contributed by atoms with Gasteiger partial charge in [0.05, 0.1) is 0 Å². The molecule has 0 amide bonds. The van der Waals surface area contributed by atoms with Crippen molar-refractivity contribution in [2.24, 2.45) is 0 Å². The first kappa shape index (κ1) is 13.6. The fourth-order valence-corrected chi connectivity index (χ4v) is 2.02. The first-order valence-electron chi connectivity index (χ1n) is 6.25. The Morgan fingerprint density at radius 1 is 1.37 bits per heavy atom. The zero-order valence-corrected chi connectivity index (χ0v) is 11.7. The van der Waals surface area contributed by atoms with Gasteiger partial charge in [0.25, 0.3) is 0 Å². The SMILES string of the molecule is Cc1oc2ccccc2c1CN(C)C(C)(C)C(=O)O. The standard InChI is InChI=1S/C15H19NO3/c1-10-12(9-16(4)15(2,3)14(17)18)11-7-5-6-8-13(11)19-10/h5-8H,9H2,1-4H3,(H,17,18). The quantitative estimate of drug-likeness (QED) is 0.919. The highest BCUT2D eigenvalue weighted by atomic mass is 16.4. The average molecular weight is 261 g/mol.